The van der Waals surface area contributed by atoms with Crippen molar-refractivity contribution in [3.63, 3.8) is 0 Å². The van der Waals surface area contributed by atoms with Crippen molar-refractivity contribution < 1.29 is 33.3 Å². The highest BCUT2D eigenvalue weighted by molar-refractivity contribution is 5.90. The molecule has 1 saturated heterocycles. The molecule has 1 aliphatic rings. The average Bonchev–Trinajstić information content (AvgIpc) is 2.90. The van der Waals surface area contributed by atoms with Gasteiger partial charge in [0.25, 0.3) is 0 Å². The average molecular weight is 372 g/mol. The van der Waals surface area contributed by atoms with E-state index in [4.69, 9.17) is 14.2 Å². The molecule has 0 saturated carbocycles. The van der Waals surface area contributed by atoms with Gasteiger partial charge < -0.3 is 19.3 Å². The lowest BCUT2D eigenvalue weighted by atomic mass is 10.0. The molecule has 2 aromatic carbocycles. The summed E-state index contributed by atoms with van der Waals surface area (Å²) in [5, 5.41) is 9.79. The smallest absolute Gasteiger partial charge is 0.343 e. The summed E-state index contributed by atoms with van der Waals surface area (Å²) < 4.78 is 30.0. The van der Waals surface area contributed by atoms with Crippen molar-refractivity contribution >= 4 is 11.9 Å². The second kappa shape index (κ2) is 7.59. The van der Waals surface area contributed by atoms with Crippen LogP contribution >= 0.6 is 0 Å². The molecule has 27 heavy (non-hydrogen) atoms. The Hall–Kier alpha value is -3.19. The summed E-state index contributed by atoms with van der Waals surface area (Å²) in [5.41, 5.74) is -1.95. The lowest BCUT2D eigenvalue weighted by Crippen LogP contribution is -2.41. The maximum Gasteiger partial charge on any atom is 0.343 e. The first-order chi connectivity index (χ1) is 12.9. The predicted octanol–water partition coefficient (Wildman–Crippen LogP) is 2.99. The van der Waals surface area contributed by atoms with E-state index in [1.54, 1.807) is 36.4 Å². The Morgan fingerprint density at radius 3 is 2.11 bits per heavy atom. The number of carbonyl (C=O) groups is 2. The van der Waals surface area contributed by atoms with Crippen LogP contribution in [0, 0.1) is 0 Å². The zero-order valence-corrected chi connectivity index (χ0v) is 14.4. The number of ether oxygens (including phenoxy) is 3. The van der Waals surface area contributed by atoms with Gasteiger partial charge in [-0.2, -0.15) is 0 Å². The Bertz CT molecular complexity index is 847. The molecule has 0 radical (unpaired) electrons. The van der Waals surface area contributed by atoms with Gasteiger partial charge >= 0.3 is 11.9 Å². The monoisotopic (exact) mass is 372 g/mol. The number of hydrogen-bond acceptors (Lipinski definition) is 6. The van der Waals surface area contributed by atoms with Gasteiger partial charge in [-0.25, -0.2) is 14.0 Å². The number of hydrogen-bond donors (Lipinski definition) is 1. The minimum atomic E-state index is -2.42. The molecule has 3 atom stereocenters. The van der Waals surface area contributed by atoms with Crippen LogP contribution in [0.3, 0.4) is 0 Å². The lowest BCUT2D eigenvalue weighted by molar-refractivity contribution is -0.122. The molecule has 7 heteroatoms. The number of aliphatic hydroxyl groups is 1. The number of rotatable bonds is 4. The lowest BCUT2D eigenvalue weighted by Gasteiger charge is -2.21. The van der Waals surface area contributed by atoms with Crippen LogP contribution in [0.1, 0.15) is 27.6 Å². The largest absolute Gasteiger partial charge is 0.458 e. The van der Waals surface area contributed by atoms with E-state index in [2.05, 4.69) is 0 Å². The molecule has 0 aliphatic carbocycles. The summed E-state index contributed by atoms with van der Waals surface area (Å²) in [7, 11) is 0. The molecule has 0 aromatic heterocycles. The van der Waals surface area contributed by atoms with Crippen molar-refractivity contribution in [2.45, 2.75) is 25.0 Å². The Balaban J connectivity index is 1.78. The molecule has 1 fully saturated rings. The van der Waals surface area contributed by atoms with Crippen molar-refractivity contribution in [1.82, 2.24) is 0 Å². The zero-order valence-electron chi connectivity index (χ0n) is 14.4. The molecule has 1 N–H and O–H groups in total. The first-order valence-electron chi connectivity index (χ1n) is 8.15. The number of halogens is 1. The van der Waals surface area contributed by atoms with E-state index in [-0.39, 0.29) is 16.9 Å². The van der Waals surface area contributed by atoms with Crippen molar-refractivity contribution in [2.24, 2.45) is 0 Å². The molecular weight excluding hydrogens is 355 g/mol. The SMILES string of the molecule is C[C@]1(F)[C@H](O)O/C(=C\OC(=O)c2ccccc2)[C@H]1OC(=O)c1ccccc1. The zero-order chi connectivity index (χ0) is 19.4. The van der Waals surface area contributed by atoms with Gasteiger partial charge in [0, 0.05) is 0 Å². The van der Waals surface area contributed by atoms with E-state index < -0.39 is 30.0 Å². The van der Waals surface area contributed by atoms with Gasteiger partial charge in [0.1, 0.15) is 6.26 Å². The van der Waals surface area contributed by atoms with E-state index in [1.807, 2.05) is 0 Å². The second-order valence-electron chi connectivity index (χ2n) is 6.06. The molecule has 0 amide bonds. The molecule has 1 aliphatic heterocycles. The van der Waals surface area contributed by atoms with Crippen molar-refractivity contribution in [1.29, 1.82) is 0 Å². The van der Waals surface area contributed by atoms with Gasteiger partial charge in [-0.1, -0.05) is 36.4 Å². The van der Waals surface area contributed by atoms with Gasteiger partial charge in [0.05, 0.1) is 11.1 Å². The minimum absolute atomic E-state index is 0.204. The number of alkyl halides is 1. The van der Waals surface area contributed by atoms with Crippen molar-refractivity contribution in [2.75, 3.05) is 0 Å². The number of carbonyl (C=O) groups excluding carboxylic acids is 2. The van der Waals surface area contributed by atoms with Crippen LogP contribution in [-0.4, -0.2) is 35.1 Å². The van der Waals surface area contributed by atoms with Gasteiger partial charge in [-0.05, 0) is 31.2 Å². The Morgan fingerprint density at radius 1 is 1.04 bits per heavy atom. The van der Waals surface area contributed by atoms with E-state index in [1.165, 1.54) is 24.3 Å². The Kier molecular flexibility index (Phi) is 5.23. The Labute approximate surface area is 154 Å². The minimum Gasteiger partial charge on any atom is -0.458 e. The quantitative estimate of drug-likeness (QED) is 0.656. The molecular formula is C20H17FO6. The van der Waals surface area contributed by atoms with E-state index >= 15 is 0 Å². The molecule has 3 rings (SSSR count). The summed E-state index contributed by atoms with van der Waals surface area (Å²) in [6, 6.07) is 16.1. The molecule has 0 bridgehead atoms. The van der Waals surface area contributed by atoms with E-state index in [9.17, 15) is 19.1 Å². The Morgan fingerprint density at radius 2 is 1.56 bits per heavy atom. The van der Waals surface area contributed by atoms with Gasteiger partial charge in [-0.15, -0.1) is 0 Å². The maximum absolute atomic E-state index is 14.8. The molecule has 2 aromatic rings. The van der Waals surface area contributed by atoms with E-state index in [0.29, 0.717) is 0 Å². The summed E-state index contributed by atoms with van der Waals surface area (Å²) in [5.74, 6) is -1.81. The third kappa shape index (κ3) is 3.98. The van der Waals surface area contributed by atoms with Crippen LogP contribution in [-0.2, 0) is 14.2 Å². The fourth-order valence-electron chi connectivity index (χ4n) is 2.48. The second-order valence-corrected chi connectivity index (χ2v) is 6.06. The fourth-order valence-corrected chi connectivity index (χ4v) is 2.48. The van der Waals surface area contributed by atoms with Gasteiger partial charge in [0.2, 0.25) is 18.1 Å². The number of esters is 2. The van der Waals surface area contributed by atoms with Crippen LogP contribution in [0.25, 0.3) is 0 Å². The maximum atomic E-state index is 14.8. The normalized spacial score (nSPS) is 25.7. The third-order valence-corrected chi connectivity index (χ3v) is 4.03. The van der Waals surface area contributed by atoms with Crippen molar-refractivity contribution in [3.05, 3.63) is 83.8 Å². The topological polar surface area (TPSA) is 82.1 Å². The number of aliphatic hydroxyl groups excluding tert-OH is 1. The highest BCUT2D eigenvalue weighted by Gasteiger charge is 2.55. The molecule has 0 unspecified atom stereocenters. The first-order valence-corrected chi connectivity index (χ1v) is 8.15. The summed E-state index contributed by atoms with van der Waals surface area (Å²) in [6.07, 6.45) is -2.62. The molecule has 0 spiro atoms. The highest BCUT2D eigenvalue weighted by Crippen LogP contribution is 2.38. The highest BCUT2D eigenvalue weighted by atomic mass is 19.1. The van der Waals surface area contributed by atoms with Crippen molar-refractivity contribution in [3.8, 4) is 0 Å². The van der Waals surface area contributed by atoms with Gasteiger partial charge in [0.15, 0.2) is 5.76 Å². The van der Waals surface area contributed by atoms with Crippen LogP contribution < -0.4 is 0 Å². The fraction of sp³-hybridized carbons (Fsp3) is 0.200. The van der Waals surface area contributed by atoms with E-state index in [0.717, 1.165) is 13.2 Å². The van der Waals surface area contributed by atoms with Gasteiger partial charge in [-0.3, -0.25) is 0 Å². The predicted molar refractivity (Wildman–Crippen MR) is 92.2 cm³/mol. The summed E-state index contributed by atoms with van der Waals surface area (Å²) >= 11 is 0. The van der Waals surface area contributed by atoms with Crippen LogP contribution in [0.2, 0.25) is 0 Å². The molecule has 140 valence electrons. The van der Waals surface area contributed by atoms with Crippen LogP contribution in [0.15, 0.2) is 72.7 Å². The third-order valence-electron chi connectivity index (χ3n) is 4.03. The standard InChI is InChI=1S/C20H17FO6/c1-20(21)16(27-18(23)14-10-6-3-7-11-14)15(26-19(20)24)12-25-17(22)13-8-4-2-5-9-13/h2-12,16,19,24H,1H3/b15-12-/t16-,19-,20-/m1/s1. The number of benzene rings is 2. The first kappa shape index (κ1) is 18.6. The summed E-state index contributed by atoms with van der Waals surface area (Å²) in [6.45, 7) is 1.03. The summed E-state index contributed by atoms with van der Waals surface area (Å²) in [4.78, 5) is 24.2. The molecule has 6 nitrogen and oxygen atoms in total. The molecule has 1 heterocycles. The van der Waals surface area contributed by atoms with Crippen LogP contribution in [0.5, 0.6) is 0 Å². The van der Waals surface area contributed by atoms with Crippen LogP contribution in [0.4, 0.5) is 4.39 Å².